The minimum absolute atomic E-state index is 0.0162. The van der Waals surface area contributed by atoms with Gasteiger partial charge in [-0.05, 0) is 25.2 Å². The maximum absolute atomic E-state index is 13.2. The van der Waals surface area contributed by atoms with E-state index >= 15 is 0 Å². The standard InChI is InChI=1S/C22H36N4O5/c1-4-17(21(29)22-24-19(5-2)31-25-22)26(15-16-9-7-6-8-10-16)20(28)12-11-18(27)23-13-14-30-3/h16-17H,4-15H2,1-3H3,(H,23,27)/t17-/m1/s1. The Balaban J connectivity index is 2.10. The van der Waals surface area contributed by atoms with Gasteiger partial charge in [-0.2, -0.15) is 4.98 Å². The molecular formula is C22H36N4O5. The first-order valence-corrected chi connectivity index (χ1v) is 11.4. The Labute approximate surface area is 184 Å². The van der Waals surface area contributed by atoms with Gasteiger partial charge in [-0.15, -0.1) is 0 Å². The lowest BCUT2D eigenvalue weighted by Gasteiger charge is -2.34. The number of Topliss-reactive ketones (excluding diaryl/α,β-unsaturated/α-hetero) is 1. The molecule has 1 aromatic rings. The summed E-state index contributed by atoms with van der Waals surface area (Å²) in [5, 5.41) is 6.54. The fraction of sp³-hybridized carbons (Fsp3) is 0.773. The average Bonchev–Trinajstić information content (AvgIpc) is 3.27. The number of nitrogens with zero attached hydrogens (tertiary/aromatic N) is 3. The zero-order valence-corrected chi connectivity index (χ0v) is 19.0. The van der Waals surface area contributed by atoms with E-state index in [1.165, 1.54) is 6.42 Å². The van der Waals surface area contributed by atoms with Crippen molar-refractivity contribution in [2.24, 2.45) is 5.92 Å². The summed E-state index contributed by atoms with van der Waals surface area (Å²) < 4.78 is 10.0. The molecule has 9 nitrogen and oxygen atoms in total. The first-order valence-electron chi connectivity index (χ1n) is 11.4. The Bertz CT molecular complexity index is 715. The fourth-order valence-electron chi connectivity index (χ4n) is 3.99. The Hall–Kier alpha value is -2.29. The summed E-state index contributed by atoms with van der Waals surface area (Å²) in [5.74, 6) is 0.0878. The monoisotopic (exact) mass is 436 g/mol. The lowest BCUT2D eigenvalue weighted by Crippen LogP contribution is -2.48. The van der Waals surface area contributed by atoms with Crippen LogP contribution >= 0.6 is 0 Å². The van der Waals surface area contributed by atoms with Crippen LogP contribution in [0.2, 0.25) is 0 Å². The molecule has 2 amide bonds. The zero-order valence-electron chi connectivity index (χ0n) is 19.0. The maximum Gasteiger partial charge on any atom is 0.240 e. The largest absolute Gasteiger partial charge is 0.383 e. The van der Waals surface area contributed by atoms with Gasteiger partial charge in [0.2, 0.25) is 29.3 Å². The van der Waals surface area contributed by atoms with Crippen LogP contribution in [0.5, 0.6) is 0 Å². The molecule has 1 saturated carbocycles. The van der Waals surface area contributed by atoms with Crippen LogP contribution in [-0.4, -0.2) is 65.5 Å². The van der Waals surface area contributed by atoms with Crippen molar-refractivity contribution in [1.29, 1.82) is 0 Å². The number of aryl methyl sites for hydroxylation is 1. The van der Waals surface area contributed by atoms with Crippen LogP contribution in [0.3, 0.4) is 0 Å². The number of hydrogen-bond donors (Lipinski definition) is 1. The van der Waals surface area contributed by atoms with E-state index in [4.69, 9.17) is 9.26 Å². The van der Waals surface area contributed by atoms with Gasteiger partial charge in [-0.25, -0.2) is 0 Å². The first kappa shape index (κ1) is 25.0. The van der Waals surface area contributed by atoms with Crippen molar-refractivity contribution < 1.29 is 23.6 Å². The predicted molar refractivity (Wildman–Crippen MR) is 114 cm³/mol. The summed E-state index contributed by atoms with van der Waals surface area (Å²) in [5.41, 5.74) is 0. The smallest absolute Gasteiger partial charge is 0.240 e. The molecule has 1 aliphatic rings. The van der Waals surface area contributed by atoms with Gasteiger partial charge in [0.1, 0.15) is 0 Å². The van der Waals surface area contributed by atoms with E-state index in [2.05, 4.69) is 15.5 Å². The highest BCUT2D eigenvalue weighted by atomic mass is 16.5. The molecule has 0 bridgehead atoms. The molecule has 1 fully saturated rings. The lowest BCUT2D eigenvalue weighted by molar-refractivity contribution is -0.135. The molecule has 1 heterocycles. The molecule has 1 aromatic heterocycles. The van der Waals surface area contributed by atoms with Gasteiger partial charge in [0.05, 0.1) is 12.6 Å². The van der Waals surface area contributed by atoms with E-state index in [1.807, 2.05) is 13.8 Å². The molecule has 0 radical (unpaired) electrons. The van der Waals surface area contributed by atoms with Gasteiger partial charge >= 0.3 is 0 Å². The summed E-state index contributed by atoms with van der Waals surface area (Å²) in [7, 11) is 1.56. The molecule has 2 rings (SSSR count). The number of carbonyl (C=O) groups is 3. The molecular weight excluding hydrogens is 400 g/mol. The van der Waals surface area contributed by atoms with Crippen LogP contribution < -0.4 is 5.32 Å². The summed E-state index contributed by atoms with van der Waals surface area (Å²) in [4.78, 5) is 44.1. The highest BCUT2D eigenvalue weighted by Crippen LogP contribution is 2.26. The van der Waals surface area contributed by atoms with Crippen LogP contribution in [0.1, 0.15) is 81.7 Å². The van der Waals surface area contributed by atoms with Gasteiger partial charge in [-0.1, -0.05) is 38.3 Å². The number of ether oxygens (including phenoxy) is 1. The van der Waals surface area contributed by atoms with Crippen LogP contribution in [-0.2, 0) is 20.7 Å². The molecule has 0 saturated heterocycles. The maximum atomic E-state index is 13.2. The van der Waals surface area contributed by atoms with E-state index in [0.717, 1.165) is 25.7 Å². The van der Waals surface area contributed by atoms with Crippen LogP contribution in [0, 0.1) is 5.92 Å². The normalized spacial score (nSPS) is 15.5. The van der Waals surface area contributed by atoms with Crippen molar-refractivity contribution in [3.05, 3.63) is 11.7 Å². The summed E-state index contributed by atoms with van der Waals surface area (Å²) in [6, 6.07) is -0.659. The fourth-order valence-corrected chi connectivity index (χ4v) is 3.99. The minimum Gasteiger partial charge on any atom is -0.383 e. The zero-order chi connectivity index (χ0) is 22.6. The molecule has 31 heavy (non-hydrogen) atoms. The number of hydrogen-bond acceptors (Lipinski definition) is 7. The van der Waals surface area contributed by atoms with Crippen molar-refractivity contribution >= 4 is 17.6 Å². The second kappa shape index (κ2) is 13.2. The van der Waals surface area contributed by atoms with Gasteiger partial charge in [-0.3, -0.25) is 14.4 Å². The van der Waals surface area contributed by atoms with Crippen LogP contribution in [0.15, 0.2) is 4.52 Å². The Morgan fingerprint density at radius 3 is 2.55 bits per heavy atom. The molecule has 1 atom stereocenters. The second-order valence-corrected chi connectivity index (χ2v) is 8.05. The van der Waals surface area contributed by atoms with E-state index in [0.29, 0.717) is 44.3 Å². The molecule has 1 aliphatic carbocycles. The number of aromatic nitrogens is 2. The second-order valence-electron chi connectivity index (χ2n) is 8.05. The SMILES string of the molecule is CCc1nc(C(=O)[C@@H](CC)N(CC2CCCCC2)C(=O)CCC(=O)NCCOC)no1. The highest BCUT2D eigenvalue weighted by molar-refractivity contribution is 5.99. The third-order valence-electron chi connectivity index (χ3n) is 5.75. The summed E-state index contributed by atoms with van der Waals surface area (Å²) in [6.45, 7) is 5.10. The van der Waals surface area contributed by atoms with Crippen molar-refractivity contribution in [3.8, 4) is 0 Å². The van der Waals surface area contributed by atoms with E-state index < -0.39 is 6.04 Å². The number of nitrogens with one attached hydrogen (secondary N) is 1. The van der Waals surface area contributed by atoms with Crippen molar-refractivity contribution in [3.63, 3.8) is 0 Å². The van der Waals surface area contributed by atoms with Crippen molar-refractivity contribution in [1.82, 2.24) is 20.4 Å². The summed E-state index contributed by atoms with van der Waals surface area (Å²) >= 11 is 0. The van der Waals surface area contributed by atoms with Gasteiger partial charge in [0, 0.05) is 39.5 Å². The number of carbonyl (C=O) groups excluding carboxylic acids is 3. The quantitative estimate of drug-likeness (QED) is 0.373. The van der Waals surface area contributed by atoms with Crippen molar-refractivity contribution in [2.45, 2.75) is 77.7 Å². The van der Waals surface area contributed by atoms with E-state index in [9.17, 15) is 14.4 Å². The van der Waals surface area contributed by atoms with E-state index in [-0.39, 0.29) is 36.3 Å². The molecule has 174 valence electrons. The topological polar surface area (TPSA) is 115 Å². The third-order valence-corrected chi connectivity index (χ3v) is 5.75. The van der Waals surface area contributed by atoms with Crippen molar-refractivity contribution in [2.75, 3.05) is 26.8 Å². The van der Waals surface area contributed by atoms with Gasteiger partial charge in [0.25, 0.3) is 0 Å². The first-order chi connectivity index (χ1) is 15.0. The molecule has 0 spiro atoms. The number of methoxy groups -OCH3 is 1. The lowest BCUT2D eigenvalue weighted by atomic mass is 9.88. The summed E-state index contributed by atoms with van der Waals surface area (Å²) in [6.07, 6.45) is 6.73. The Morgan fingerprint density at radius 1 is 1.19 bits per heavy atom. The van der Waals surface area contributed by atoms with E-state index in [1.54, 1.807) is 12.0 Å². The van der Waals surface area contributed by atoms with Crippen LogP contribution in [0.25, 0.3) is 0 Å². The molecule has 9 heteroatoms. The molecule has 0 aromatic carbocycles. The third kappa shape index (κ3) is 7.72. The molecule has 0 unspecified atom stereocenters. The Morgan fingerprint density at radius 2 is 1.94 bits per heavy atom. The highest BCUT2D eigenvalue weighted by Gasteiger charge is 2.33. The predicted octanol–water partition coefficient (Wildman–Crippen LogP) is 2.55. The number of rotatable bonds is 13. The molecule has 1 N–H and O–H groups in total. The Kier molecular flexibility index (Phi) is 10.6. The van der Waals surface area contributed by atoms with Gasteiger partial charge in [0.15, 0.2) is 0 Å². The number of ketones is 1. The minimum atomic E-state index is -0.659. The van der Waals surface area contributed by atoms with Gasteiger partial charge < -0.3 is 19.5 Å². The molecule has 0 aliphatic heterocycles. The number of amides is 2. The average molecular weight is 437 g/mol. The van der Waals surface area contributed by atoms with Crippen LogP contribution in [0.4, 0.5) is 0 Å².